The molecule has 0 heterocycles. The fraction of sp³-hybridized carbons (Fsp3) is 0.562. The van der Waals surface area contributed by atoms with Gasteiger partial charge in [-0.1, -0.05) is 38.3 Å². The van der Waals surface area contributed by atoms with E-state index in [4.69, 9.17) is 4.74 Å². The molecule has 3 nitrogen and oxygen atoms in total. The Labute approximate surface area is 115 Å². The minimum Gasteiger partial charge on any atom is -0.494 e. The van der Waals surface area contributed by atoms with Crippen LogP contribution >= 0.6 is 0 Å². The number of carbonyl (C=O) groups excluding carboxylic acids is 1. The highest BCUT2D eigenvalue weighted by atomic mass is 16.5. The minimum absolute atomic E-state index is 0.175. The first-order chi connectivity index (χ1) is 9.26. The zero-order valence-corrected chi connectivity index (χ0v) is 12.0. The van der Waals surface area contributed by atoms with Crippen LogP contribution in [0.25, 0.3) is 0 Å². The third kappa shape index (κ3) is 6.85. The van der Waals surface area contributed by atoms with E-state index in [1.165, 1.54) is 26.4 Å². The number of carbonyl (C=O) groups is 1. The smallest absolute Gasteiger partial charge is 0.305 e. The lowest BCUT2D eigenvalue weighted by Crippen LogP contribution is -2.02. The van der Waals surface area contributed by atoms with E-state index in [0.29, 0.717) is 12.8 Å². The van der Waals surface area contributed by atoms with Gasteiger partial charge in [-0.05, 0) is 30.5 Å². The number of hydrogen-bond donors (Lipinski definition) is 0. The molecule has 1 aromatic carbocycles. The van der Waals surface area contributed by atoms with Gasteiger partial charge in [0.2, 0.25) is 0 Å². The number of aryl methyl sites for hydroxylation is 1. The highest BCUT2D eigenvalue weighted by Crippen LogP contribution is 2.15. The van der Waals surface area contributed by atoms with Crippen molar-refractivity contribution in [2.75, 3.05) is 13.7 Å². The van der Waals surface area contributed by atoms with Gasteiger partial charge in [0.1, 0.15) is 5.75 Å². The predicted octanol–water partition coefficient (Wildman–Crippen LogP) is 3.75. The number of benzene rings is 1. The second-order valence-electron chi connectivity index (χ2n) is 4.63. The molecular formula is C16H24O3. The lowest BCUT2D eigenvalue weighted by Gasteiger charge is -2.07. The van der Waals surface area contributed by atoms with Gasteiger partial charge in [-0.2, -0.15) is 0 Å². The fourth-order valence-electron chi connectivity index (χ4n) is 1.86. The molecule has 0 aliphatic carbocycles. The third-order valence-electron chi connectivity index (χ3n) is 3.01. The van der Waals surface area contributed by atoms with E-state index < -0.39 is 0 Å². The Bertz CT molecular complexity index is 374. The zero-order chi connectivity index (χ0) is 13.9. The molecular weight excluding hydrogens is 240 g/mol. The molecule has 0 N–H and O–H groups in total. The van der Waals surface area contributed by atoms with Crippen LogP contribution < -0.4 is 4.74 Å². The summed E-state index contributed by atoms with van der Waals surface area (Å²) in [5.41, 5.74) is 1.11. The van der Waals surface area contributed by atoms with Crippen molar-refractivity contribution in [2.24, 2.45) is 0 Å². The molecule has 0 aromatic heterocycles. The van der Waals surface area contributed by atoms with Crippen LogP contribution in [0, 0.1) is 0 Å². The van der Waals surface area contributed by atoms with Crippen LogP contribution in [0.15, 0.2) is 24.3 Å². The van der Waals surface area contributed by atoms with Crippen LogP contribution in [-0.2, 0) is 16.0 Å². The largest absolute Gasteiger partial charge is 0.494 e. The van der Waals surface area contributed by atoms with Crippen molar-refractivity contribution in [1.29, 1.82) is 0 Å². The van der Waals surface area contributed by atoms with Crippen molar-refractivity contribution in [2.45, 2.75) is 45.4 Å². The molecule has 1 rings (SSSR count). The summed E-state index contributed by atoms with van der Waals surface area (Å²) >= 11 is 0. The summed E-state index contributed by atoms with van der Waals surface area (Å²) in [4.78, 5) is 11.1. The monoisotopic (exact) mass is 264 g/mol. The Balaban J connectivity index is 2.33. The highest BCUT2D eigenvalue weighted by molar-refractivity contribution is 5.69. The molecule has 0 unspecified atom stereocenters. The van der Waals surface area contributed by atoms with Gasteiger partial charge >= 0.3 is 5.97 Å². The van der Waals surface area contributed by atoms with E-state index in [0.717, 1.165) is 24.3 Å². The van der Waals surface area contributed by atoms with Crippen LogP contribution in [0.2, 0.25) is 0 Å². The molecule has 1 aromatic rings. The number of methoxy groups -OCH3 is 1. The zero-order valence-electron chi connectivity index (χ0n) is 12.0. The standard InChI is InChI=1S/C16H24O3/c1-3-4-5-6-12-19-15-9-7-8-14(13-15)10-11-16(17)18-2/h7-9,13H,3-6,10-12H2,1-2H3. The van der Waals surface area contributed by atoms with Crippen molar-refractivity contribution in [3.8, 4) is 5.75 Å². The molecule has 106 valence electrons. The first-order valence-corrected chi connectivity index (χ1v) is 7.04. The Kier molecular flexibility index (Phi) is 7.71. The fourth-order valence-corrected chi connectivity index (χ4v) is 1.86. The number of unbranched alkanes of at least 4 members (excludes halogenated alkanes) is 3. The van der Waals surface area contributed by atoms with Crippen molar-refractivity contribution in [1.82, 2.24) is 0 Å². The first kappa shape index (κ1) is 15.5. The summed E-state index contributed by atoms with van der Waals surface area (Å²) in [5, 5.41) is 0. The summed E-state index contributed by atoms with van der Waals surface area (Å²) in [5.74, 6) is 0.713. The van der Waals surface area contributed by atoms with Gasteiger partial charge in [0.15, 0.2) is 0 Å². The van der Waals surface area contributed by atoms with Gasteiger partial charge in [-0.25, -0.2) is 0 Å². The Hall–Kier alpha value is -1.51. The van der Waals surface area contributed by atoms with E-state index >= 15 is 0 Å². The summed E-state index contributed by atoms with van der Waals surface area (Å²) in [6.45, 7) is 2.96. The molecule has 0 aliphatic rings. The lowest BCUT2D eigenvalue weighted by molar-refractivity contribution is -0.140. The van der Waals surface area contributed by atoms with Gasteiger partial charge in [0.05, 0.1) is 13.7 Å². The maximum atomic E-state index is 11.1. The third-order valence-corrected chi connectivity index (χ3v) is 3.01. The molecule has 0 bridgehead atoms. The maximum Gasteiger partial charge on any atom is 0.305 e. The summed E-state index contributed by atoms with van der Waals surface area (Å²) in [6, 6.07) is 7.94. The molecule has 0 amide bonds. The van der Waals surface area contributed by atoms with Crippen molar-refractivity contribution >= 4 is 5.97 Å². The molecule has 0 saturated heterocycles. The predicted molar refractivity (Wildman–Crippen MR) is 76.4 cm³/mol. The van der Waals surface area contributed by atoms with Crippen LogP contribution in [0.3, 0.4) is 0 Å². The molecule has 0 aliphatic heterocycles. The lowest BCUT2D eigenvalue weighted by atomic mass is 10.1. The van der Waals surface area contributed by atoms with E-state index in [9.17, 15) is 4.79 Å². The molecule has 0 spiro atoms. The van der Waals surface area contributed by atoms with Crippen molar-refractivity contribution in [3.63, 3.8) is 0 Å². The van der Waals surface area contributed by atoms with Gasteiger partial charge < -0.3 is 9.47 Å². The van der Waals surface area contributed by atoms with Gasteiger partial charge in [-0.3, -0.25) is 4.79 Å². The molecule has 0 radical (unpaired) electrons. The van der Waals surface area contributed by atoms with Crippen molar-refractivity contribution in [3.05, 3.63) is 29.8 Å². The van der Waals surface area contributed by atoms with E-state index in [1.54, 1.807) is 0 Å². The molecule has 19 heavy (non-hydrogen) atoms. The number of hydrogen-bond acceptors (Lipinski definition) is 3. The van der Waals surface area contributed by atoms with Gasteiger partial charge in [0.25, 0.3) is 0 Å². The van der Waals surface area contributed by atoms with Crippen LogP contribution in [0.4, 0.5) is 0 Å². The highest BCUT2D eigenvalue weighted by Gasteiger charge is 2.02. The average molecular weight is 264 g/mol. The topological polar surface area (TPSA) is 35.5 Å². The van der Waals surface area contributed by atoms with E-state index in [2.05, 4.69) is 11.7 Å². The maximum absolute atomic E-state index is 11.1. The van der Waals surface area contributed by atoms with Gasteiger partial charge in [0, 0.05) is 6.42 Å². The summed E-state index contributed by atoms with van der Waals surface area (Å²) < 4.78 is 10.3. The molecule has 3 heteroatoms. The Morgan fingerprint density at radius 3 is 2.79 bits per heavy atom. The molecule has 0 fully saturated rings. The van der Waals surface area contributed by atoms with Crippen LogP contribution in [-0.4, -0.2) is 19.7 Å². The molecule has 0 saturated carbocycles. The summed E-state index contributed by atoms with van der Waals surface area (Å²) in [7, 11) is 1.41. The van der Waals surface area contributed by atoms with E-state index in [-0.39, 0.29) is 5.97 Å². The molecule has 0 atom stereocenters. The SMILES string of the molecule is CCCCCCOc1cccc(CCC(=O)OC)c1. The normalized spacial score (nSPS) is 10.2. The summed E-state index contributed by atoms with van der Waals surface area (Å²) in [6.07, 6.45) is 5.93. The quantitative estimate of drug-likeness (QED) is 0.503. The number of ether oxygens (including phenoxy) is 2. The Morgan fingerprint density at radius 1 is 1.21 bits per heavy atom. The number of esters is 1. The average Bonchev–Trinajstić information content (AvgIpc) is 2.45. The van der Waals surface area contributed by atoms with Gasteiger partial charge in [-0.15, -0.1) is 0 Å². The van der Waals surface area contributed by atoms with E-state index in [1.807, 2.05) is 24.3 Å². The Morgan fingerprint density at radius 2 is 2.05 bits per heavy atom. The van der Waals surface area contributed by atoms with Crippen LogP contribution in [0.1, 0.15) is 44.6 Å². The van der Waals surface area contributed by atoms with Crippen LogP contribution in [0.5, 0.6) is 5.75 Å². The first-order valence-electron chi connectivity index (χ1n) is 7.04. The second-order valence-corrected chi connectivity index (χ2v) is 4.63. The minimum atomic E-state index is -0.175. The van der Waals surface area contributed by atoms with Crippen molar-refractivity contribution < 1.29 is 14.3 Å². The number of rotatable bonds is 9. The second kappa shape index (κ2) is 9.42.